The molecule has 11 heteroatoms. The second-order valence-electron chi connectivity index (χ2n) is 5.16. The Hall–Kier alpha value is -3.31. The van der Waals surface area contributed by atoms with Crippen molar-refractivity contribution in [3.63, 3.8) is 0 Å². The van der Waals surface area contributed by atoms with Crippen LogP contribution in [0.5, 0.6) is 0 Å². The van der Waals surface area contributed by atoms with E-state index < -0.39 is 9.85 Å². The first kappa shape index (κ1) is 21.7. The number of hydrogen-bond donors (Lipinski definition) is 2. The van der Waals surface area contributed by atoms with Gasteiger partial charge in [-0.25, -0.2) is 0 Å². The molecule has 27 heavy (non-hydrogen) atoms. The third-order valence-electron chi connectivity index (χ3n) is 3.34. The number of carbonyl (C=O) groups excluding carboxylic acids is 2. The molecular formula is C16H14CoN4O6. The van der Waals surface area contributed by atoms with E-state index in [2.05, 4.69) is 10.6 Å². The zero-order valence-electron chi connectivity index (χ0n) is 13.7. The van der Waals surface area contributed by atoms with E-state index in [-0.39, 0.29) is 50.9 Å². The molecule has 0 aromatic heterocycles. The maximum atomic E-state index is 11.6. The standard InChI is InChI=1S/C16H14N4O6.Co/c21-15-3-1-13(19(23)24)7-11(15)9-17-5-6-18-10-12-8-14(20(25)26)2-4-16(12)22;/h1-4,7-10,17-18H,5-6H2;/b11-9-,12-10-;. The van der Waals surface area contributed by atoms with Crippen LogP contribution in [0.4, 0.5) is 0 Å². The molecule has 0 aromatic carbocycles. The normalized spacial score (nSPS) is 18.7. The largest absolute Gasteiger partial charge is 0.389 e. The quantitative estimate of drug-likeness (QED) is 0.264. The summed E-state index contributed by atoms with van der Waals surface area (Å²) in [6.07, 6.45) is 9.58. The Morgan fingerprint density at radius 3 is 1.48 bits per heavy atom. The minimum absolute atomic E-state index is 0. The van der Waals surface area contributed by atoms with Crippen molar-refractivity contribution in [1.82, 2.24) is 10.6 Å². The number of ketones is 2. The molecule has 0 fully saturated rings. The first-order valence-corrected chi connectivity index (χ1v) is 7.42. The van der Waals surface area contributed by atoms with Crippen LogP contribution in [-0.2, 0) is 26.4 Å². The average molecular weight is 417 g/mol. The van der Waals surface area contributed by atoms with E-state index in [1.54, 1.807) is 0 Å². The van der Waals surface area contributed by atoms with Gasteiger partial charge in [0, 0.05) is 77.7 Å². The molecule has 0 aliphatic heterocycles. The fraction of sp³-hybridized carbons (Fsp3) is 0.125. The second-order valence-corrected chi connectivity index (χ2v) is 5.16. The molecule has 0 heterocycles. The minimum Gasteiger partial charge on any atom is -0.389 e. The summed E-state index contributed by atoms with van der Waals surface area (Å²) in [4.78, 5) is 43.4. The van der Waals surface area contributed by atoms with Crippen molar-refractivity contribution >= 4 is 11.6 Å². The third-order valence-corrected chi connectivity index (χ3v) is 3.34. The summed E-state index contributed by atoms with van der Waals surface area (Å²) in [6, 6.07) is 0. The van der Waals surface area contributed by atoms with Crippen LogP contribution in [0, 0.1) is 20.2 Å². The van der Waals surface area contributed by atoms with Crippen LogP contribution < -0.4 is 10.6 Å². The third kappa shape index (κ3) is 6.16. The van der Waals surface area contributed by atoms with Gasteiger partial charge in [0.2, 0.25) is 0 Å². The molecular weight excluding hydrogens is 403 g/mol. The molecule has 0 saturated heterocycles. The number of allylic oxidation sites excluding steroid dienone is 8. The van der Waals surface area contributed by atoms with Crippen molar-refractivity contribution in [2.45, 2.75) is 0 Å². The molecule has 0 saturated carbocycles. The molecule has 0 aromatic rings. The van der Waals surface area contributed by atoms with Gasteiger partial charge in [-0.05, 0) is 12.2 Å². The Kier molecular flexibility index (Phi) is 8.04. The molecule has 0 amide bonds. The summed E-state index contributed by atoms with van der Waals surface area (Å²) in [5, 5.41) is 27.0. The number of carbonyl (C=O) groups is 2. The topological polar surface area (TPSA) is 144 Å². The average Bonchev–Trinajstić information content (AvgIpc) is 2.60. The maximum Gasteiger partial charge on any atom is 0.270 e. The van der Waals surface area contributed by atoms with Gasteiger partial charge in [-0.2, -0.15) is 0 Å². The van der Waals surface area contributed by atoms with Gasteiger partial charge in [0.1, 0.15) is 0 Å². The molecule has 2 aliphatic rings. The van der Waals surface area contributed by atoms with Crippen molar-refractivity contribution < 1.29 is 36.2 Å². The summed E-state index contributed by atoms with van der Waals surface area (Å²) < 4.78 is 0. The zero-order valence-corrected chi connectivity index (χ0v) is 14.8. The van der Waals surface area contributed by atoms with Gasteiger partial charge in [-0.15, -0.1) is 0 Å². The van der Waals surface area contributed by atoms with Crippen molar-refractivity contribution in [3.05, 3.63) is 91.6 Å². The SMILES string of the molecule is O=C1C=CC([N+](=O)[O-])=C/C1=C/NCCN/C=C1/C=C([N+](=O)[O-])C=CC1=O.[Co]. The van der Waals surface area contributed by atoms with Gasteiger partial charge in [0.15, 0.2) is 11.6 Å². The first-order valence-electron chi connectivity index (χ1n) is 7.42. The van der Waals surface area contributed by atoms with Crippen LogP contribution in [-0.4, -0.2) is 34.5 Å². The Morgan fingerprint density at radius 1 is 0.778 bits per heavy atom. The van der Waals surface area contributed by atoms with Crippen LogP contribution in [0.2, 0.25) is 0 Å². The van der Waals surface area contributed by atoms with Crippen LogP contribution in [0.15, 0.2) is 71.4 Å². The van der Waals surface area contributed by atoms with Gasteiger partial charge in [-0.3, -0.25) is 29.8 Å². The Balaban J connectivity index is 0.00000364. The van der Waals surface area contributed by atoms with Crippen molar-refractivity contribution in [3.8, 4) is 0 Å². The molecule has 0 unspecified atom stereocenters. The van der Waals surface area contributed by atoms with E-state index in [0.29, 0.717) is 13.1 Å². The molecule has 10 nitrogen and oxygen atoms in total. The van der Waals surface area contributed by atoms with Gasteiger partial charge in [-0.1, -0.05) is 0 Å². The smallest absolute Gasteiger partial charge is 0.270 e. The fourth-order valence-corrected chi connectivity index (χ4v) is 2.03. The first-order chi connectivity index (χ1) is 12.4. The van der Waals surface area contributed by atoms with Gasteiger partial charge in [0.25, 0.3) is 11.4 Å². The van der Waals surface area contributed by atoms with E-state index in [0.717, 1.165) is 24.3 Å². The van der Waals surface area contributed by atoms with E-state index in [1.807, 2.05) is 0 Å². The summed E-state index contributed by atoms with van der Waals surface area (Å²) in [7, 11) is 0. The van der Waals surface area contributed by atoms with Gasteiger partial charge < -0.3 is 10.6 Å². The summed E-state index contributed by atoms with van der Waals surface area (Å²) in [6.45, 7) is 0.698. The number of hydrogen-bond acceptors (Lipinski definition) is 8. The number of nitrogens with one attached hydrogen (secondary N) is 2. The predicted octanol–water partition coefficient (Wildman–Crippen LogP) is 0.530. The zero-order chi connectivity index (χ0) is 19.1. The molecule has 1 radical (unpaired) electrons. The molecule has 0 spiro atoms. The van der Waals surface area contributed by atoms with Crippen molar-refractivity contribution in [2.75, 3.05) is 13.1 Å². The molecule has 2 N–H and O–H groups in total. The van der Waals surface area contributed by atoms with Gasteiger partial charge >= 0.3 is 0 Å². The summed E-state index contributed by atoms with van der Waals surface area (Å²) >= 11 is 0. The molecule has 0 atom stereocenters. The Labute approximate surface area is 163 Å². The Bertz CT molecular complexity index is 781. The monoisotopic (exact) mass is 417 g/mol. The summed E-state index contributed by atoms with van der Waals surface area (Å²) in [5.74, 6) is -0.703. The second kappa shape index (κ2) is 9.99. The summed E-state index contributed by atoms with van der Waals surface area (Å²) in [5.41, 5.74) is -0.0528. The number of rotatable bonds is 7. The minimum atomic E-state index is -0.590. The molecule has 143 valence electrons. The van der Waals surface area contributed by atoms with Crippen molar-refractivity contribution in [1.29, 1.82) is 0 Å². The van der Waals surface area contributed by atoms with E-state index in [9.17, 15) is 29.8 Å². The molecule has 0 bridgehead atoms. The van der Waals surface area contributed by atoms with Crippen molar-refractivity contribution in [2.24, 2.45) is 0 Å². The van der Waals surface area contributed by atoms with Crippen LogP contribution in [0.1, 0.15) is 0 Å². The van der Waals surface area contributed by atoms with E-state index >= 15 is 0 Å². The fourth-order valence-electron chi connectivity index (χ4n) is 2.03. The number of nitro groups is 2. The van der Waals surface area contributed by atoms with E-state index in [1.165, 1.54) is 24.6 Å². The Morgan fingerprint density at radius 2 is 1.15 bits per heavy atom. The van der Waals surface area contributed by atoms with Crippen LogP contribution in [0.25, 0.3) is 0 Å². The predicted molar refractivity (Wildman–Crippen MR) is 90.6 cm³/mol. The molecule has 2 aliphatic carbocycles. The van der Waals surface area contributed by atoms with Crippen LogP contribution in [0.3, 0.4) is 0 Å². The number of nitrogens with zero attached hydrogens (tertiary/aromatic N) is 2. The maximum absolute atomic E-state index is 11.6. The molecule has 2 rings (SSSR count). The van der Waals surface area contributed by atoms with E-state index in [4.69, 9.17) is 0 Å². The van der Waals surface area contributed by atoms with Crippen LogP contribution >= 0.6 is 0 Å². The van der Waals surface area contributed by atoms with Gasteiger partial charge in [0.05, 0.1) is 9.85 Å².